The lowest BCUT2D eigenvalue weighted by Gasteiger charge is -2.27. The molecule has 3 heteroatoms. The highest BCUT2D eigenvalue weighted by molar-refractivity contribution is 5.78. The highest BCUT2D eigenvalue weighted by Crippen LogP contribution is 2.28. The Bertz CT molecular complexity index is 261. The van der Waals surface area contributed by atoms with E-state index in [0.717, 1.165) is 38.3 Å². The van der Waals surface area contributed by atoms with E-state index in [0.29, 0.717) is 6.04 Å². The summed E-state index contributed by atoms with van der Waals surface area (Å²) in [5, 5.41) is 6.52. The van der Waals surface area contributed by atoms with Crippen molar-refractivity contribution >= 4 is 5.91 Å². The van der Waals surface area contributed by atoms with Crippen LogP contribution in [-0.2, 0) is 4.79 Å². The minimum absolute atomic E-state index is 0.243. The zero-order valence-electron chi connectivity index (χ0n) is 11.7. The molecule has 0 spiro atoms. The Hall–Kier alpha value is -0.570. The normalized spacial score (nSPS) is 29.4. The summed E-state index contributed by atoms with van der Waals surface area (Å²) in [7, 11) is 0. The quantitative estimate of drug-likeness (QED) is 0.738. The molecule has 1 saturated heterocycles. The van der Waals surface area contributed by atoms with Crippen molar-refractivity contribution in [3.8, 4) is 0 Å². The van der Waals surface area contributed by atoms with Crippen LogP contribution in [0.3, 0.4) is 0 Å². The molecule has 1 amide bonds. The van der Waals surface area contributed by atoms with Gasteiger partial charge in [-0.1, -0.05) is 25.7 Å². The Morgan fingerprint density at radius 2 is 2.06 bits per heavy atom. The predicted octanol–water partition coefficient (Wildman–Crippen LogP) is 2.46. The second-order valence-electron chi connectivity index (χ2n) is 6.16. The number of amides is 1. The maximum Gasteiger partial charge on any atom is 0.223 e. The van der Waals surface area contributed by atoms with Crippen LogP contribution in [0, 0.1) is 11.8 Å². The largest absolute Gasteiger partial charge is 0.356 e. The van der Waals surface area contributed by atoms with Crippen LogP contribution < -0.4 is 10.6 Å². The molecule has 0 bridgehead atoms. The molecule has 3 nitrogen and oxygen atoms in total. The molecule has 18 heavy (non-hydrogen) atoms. The SMILES string of the molecule is C[C@H]1C[C@@H](C(=O)NCCCC2CCCC2)CCN1. The average Bonchev–Trinajstić information content (AvgIpc) is 2.87. The maximum absolute atomic E-state index is 12.0. The number of rotatable bonds is 5. The number of hydrogen-bond donors (Lipinski definition) is 2. The summed E-state index contributed by atoms with van der Waals surface area (Å²) in [5.74, 6) is 1.48. The molecule has 2 rings (SSSR count). The Kier molecular flexibility index (Phi) is 5.48. The van der Waals surface area contributed by atoms with Crippen molar-refractivity contribution in [2.45, 2.75) is 64.3 Å². The number of hydrogen-bond acceptors (Lipinski definition) is 2. The lowest BCUT2D eigenvalue weighted by Crippen LogP contribution is -2.42. The summed E-state index contributed by atoms with van der Waals surface area (Å²) in [5.41, 5.74) is 0. The first-order chi connectivity index (χ1) is 8.75. The van der Waals surface area contributed by atoms with Gasteiger partial charge in [-0.25, -0.2) is 0 Å². The first kappa shape index (κ1) is 13.9. The van der Waals surface area contributed by atoms with E-state index < -0.39 is 0 Å². The molecule has 1 heterocycles. The highest BCUT2D eigenvalue weighted by Gasteiger charge is 2.24. The topological polar surface area (TPSA) is 41.1 Å². The lowest BCUT2D eigenvalue weighted by atomic mass is 9.92. The smallest absolute Gasteiger partial charge is 0.223 e. The zero-order valence-corrected chi connectivity index (χ0v) is 11.7. The zero-order chi connectivity index (χ0) is 12.8. The monoisotopic (exact) mass is 252 g/mol. The van der Waals surface area contributed by atoms with E-state index >= 15 is 0 Å². The maximum atomic E-state index is 12.0. The molecule has 2 N–H and O–H groups in total. The lowest BCUT2D eigenvalue weighted by molar-refractivity contribution is -0.126. The van der Waals surface area contributed by atoms with Crippen LogP contribution in [-0.4, -0.2) is 25.0 Å². The average molecular weight is 252 g/mol. The number of piperidine rings is 1. The van der Waals surface area contributed by atoms with Gasteiger partial charge in [-0.05, 0) is 45.1 Å². The van der Waals surface area contributed by atoms with Crippen LogP contribution in [0.5, 0.6) is 0 Å². The molecule has 1 saturated carbocycles. The Balaban J connectivity index is 1.56. The highest BCUT2D eigenvalue weighted by atomic mass is 16.1. The van der Waals surface area contributed by atoms with Gasteiger partial charge in [0.1, 0.15) is 0 Å². The first-order valence-electron chi connectivity index (χ1n) is 7.77. The molecule has 1 aliphatic carbocycles. The van der Waals surface area contributed by atoms with Crippen molar-refractivity contribution in [3.63, 3.8) is 0 Å². The summed E-state index contributed by atoms with van der Waals surface area (Å²) in [6.07, 6.45) is 10.1. The number of carbonyl (C=O) groups excluding carboxylic acids is 1. The van der Waals surface area contributed by atoms with E-state index in [1.807, 2.05) is 0 Å². The van der Waals surface area contributed by atoms with Crippen molar-refractivity contribution in [1.29, 1.82) is 0 Å². The molecule has 0 aromatic heterocycles. The van der Waals surface area contributed by atoms with Crippen LogP contribution in [0.15, 0.2) is 0 Å². The summed E-state index contributed by atoms with van der Waals surface area (Å²) in [6.45, 7) is 4.04. The van der Waals surface area contributed by atoms with E-state index in [4.69, 9.17) is 0 Å². The summed E-state index contributed by atoms with van der Waals surface area (Å²) in [4.78, 5) is 12.0. The van der Waals surface area contributed by atoms with Crippen LogP contribution >= 0.6 is 0 Å². The Morgan fingerprint density at radius 3 is 2.78 bits per heavy atom. The molecule has 0 aromatic carbocycles. The molecular formula is C15H28N2O. The van der Waals surface area contributed by atoms with Crippen molar-refractivity contribution < 1.29 is 4.79 Å². The predicted molar refractivity (Wildman–Crippen MR) is 74.4 cm³/mol. The third-order valence-corrected chi connectivity index (χ3v) is 4.56. The van der Waals surface area contributed by atoms with Gasteiger partial charge in [-0.3, -0.25) is 4.79 Å². The van der Waals surface area contributed by atoms with E-state index in [-0.39, 0.29) is 11.8 Å². The van der Waals surface area contributed by atoms with Gasteiger partial charge in [0.2, 0.25) is 5.91 Å². The van der Waals surface area contributed by atoms with Crippen LogP contribution in [0.1, 0.15) is 58.3 Å². The molecule has 0 radical (unpaired) electrons. The van der Waals surface area contributed by atoms with Crippen LogP contribution in [0.25, 0.3) is 0 Å². The van der Waals surface area contributed by atoms with Gasteiger partial charge in [0, 0.05) is 18.5 Å². The molecular weight excluding hydrogens is 224 g/mol. The van der Waals surface area contributed by atoms with Gasteiger partial charge in [-0.15, -0.1) is 0 Å². The summed E-state index contributed by atoms with van der Waals surface area (Å²) >= 11 is 0. The van der Waals surface area contributed by atoms with Gasteiger partial charge < -0.3 is 10.6 Å². The van der Waals surface area contributed by atoms with Crippen molar-refractivity contribution in [2.24, 2.45) is 11.8 Å². The van der Waals surface area contributed by atoms with Crippen LogP contribution in [0.2, 0.25) is 0 Å². The second-order valence-corrected chi connectivity index (χ2v) is 6.16. The number of nitrogens with one attached hydrogen (secondary N) is 2. The van der Waals surface area contributed by atoms with Gasteiger partial charge in [0.05, 0.1) is 0 Å². The van der Waals surface area contributed by atoms with Gasteiger partial charge in [0.15, 0.2) is 0 Å². The van der Waals surface area contributed by atoms with E-state index in [9.17, 15) is 4.79 Å². The van der Waals surface area contributed by atoms with Crippen molar-refractivity contribution in [2.75, 3.05) is 13.1 Å². The molecule has 1 aliphatic heterocycles. The summed E-state index contributed by atoms with van der Waals surface area (Å²) < 4.78 is 0. The fourth-order valence-corrected chi connectivity index (χ4v) is 3.42. The second kappa shape index (κ2) is 7.13. The van der Waals surface area contributed by atoms with Crippen LogP contribution in [0.4, 0.5) is 0 Å². The fourth-order valence-electron chi connectivity index (χ4n) is 3.42. The Morgan fingerprint density at radius 1 is 1.28 bits per heavy atom. The van der Waals surface area contributed by atoms with Crippen molar-refractivity contribution in [3.05, 3.63) is 0 Å². The minimum atomic E-state index is 0.243. The first-order valence-corrected chi connectivity index (χ1v) is 7.77. The van der Waals surface area contributed by atoms with E-state index in [1.54, 1.807) is 0 Å². The van der Waals surface area contributed by atoms with Gasteiger partial charge in [-0.2, -0.15) is 0 Å². The van der Waals surface area contributed by atoms with Crippen molar-refractivity contribution in [1.82, 2.24) is 10.6 Å². The summed E-state index contributed by atoms with van der Waals surface area (Å²) in [6, 6.07) is 0.494. The molecule has 0 unspecified atom stereocenters. The third kappa shape index (κ3) is 4.27. The molecule has 2 atom stereocenters. The Labute approximate surface area is 111 Å². The van der Waals surface area contributed by atoms with E-state index in [2.05, 4.69) is 17.6 Å². The van der Waals surface area contributed by atoms with Gasteiger partial charge in [0.25, 0.3) is 0 Å². The van der Waals surface area contributed by atoms with Gasteiger partial charge >= 0.3 is 0 Å². The molecule has 0 aromatic rings. The third-order valence-electron chi connectivity index (χ3n) is 4.56. The minimum Gasteiger partial charge on any atom is -0.356 e. The fraction of sp³-hybridized carbons (Fsp3) is 0.933. The standard InChI is InChI=1S/C15H28N2O/c1-12-11-14(8-10-16-12)15(18)17-9-4-7-13-5-2-3-6-13/h12-14,16H,2-11H2,1H3,(H,17,18)/t12-,14-/m0/s1. The molecule has 2 fully saturated rings. The number of carbonyl (C=O) groups is 1. The molecule has 104 valence electrons. The molecule has 2 aliphatic rings. The van der Waals surface area contributed by atoms with E-state index in [1.165, 1.54) is 32.1 Å².